The molecule has 1 aromatic rings. The molecule has 1 N–H and O–H groups in total. The van der Waals surface area contributed by atoms with Crippen molar-refractivity contribution < 1.29 is 9.53 Å². The second kappa shape index (κ2) is 5.30. The molecule has 1 heterocycles. The number of methoxy groups -OCH3 is 1. The van der Waals surface area contributed by atoms with Gasteiger partial charge in [-0.05, 0) is 30.5 Å². The molecule has 5 nitrogen and oxygen atoms in total. The normalized spacial score (nSPS) is 18.2. The maximum absolute atomic E-state index is 11.2. The maximum atomic E-state index is 11.2. The van der Waals surface area contributed by atoms with Gasteiger partial charge in [0.05, 0.1) is 19.7 Å². The molecule has 1 atom stereocenters. The molecule has 102 valence electrons. The summed E-state index contributed by atoms with van der Waals surface area (Å²) in [5.41, 5.74) is 3.78. The molecule has 1 aromatic carbocycles. The SMILES string of the molecule is COC(=O)NC1=NCC(c2cccc(C)c2C)N1C. The summed E-state index contributed by atoms with van der Waals surface area (Å²) in [5, 5.41) is 2.63. The lowest BCUT2D eigenvalue weighted by atomic mass is 9.97. The minimum absolute atomic E-state index is 0.159. The zero-order valence-corrected chi connectivity index (χ0v) is 11.7. The van der Waals surface area contributed by atoms with Crippen LogP contribution in [0.4, 0.5) is 4.79 Å². The number of aliphatic imine (C=N–C) groups is 1. The van der Waals surface area contributed by atoms with E-state index in [2.05, 4.69) is 47.1 Å². The Morgan fingerprint density at radius 2 is 2.21 bits per heavy atom. The summed E-state index contributed by atoms with van der Waals surface area (Å²) in [5.74, 6) is 0.553. The Balaban J connectivity index is 2.18. The molecule has 0 fully saturated rings. The third-order valence-corrected chi connectivity index (χ3v) is 3.62. The predicted molar refractivity (Wildman–Crippen MR) is 74.3 cm³/mol. The van der Waals surface area contributed by atoms with E-state index in [1.807, 2.05) is 11.9 Å². The number of hydrogen-bond acceptors (Lipinski definition) is 4. The summed E-state index contributed by atoms with van der Waals surface area (Å²) in [6.45, 7) is 4.85. The van der Waals surface area contributed by atoms with Crippen LogP contribution in [0.1, 0.15) is 22.7 Å². The Hall–Kier alpha value is -2.04. The van der Waals surface area contributed by atoms with Gasteiger partial charge in [0.2, 0.25) is 5.96 Å². The van der Waals surface area contributed by atoms with E-state index >= 15 is 0 Å². The number of alkyl carbamates (subject to hydrolysis) is 1. The molecule has 1 aliphatic rings. The number of rotatable bonds is 1. The van der Waals surface area contributed by atoms with Crippen molar-refractivity contribution in [2.75, 3.05) is 20.7 Å². The second-order valence-corrected chi connectivity index (χ2v) is 4.70. The van der Waals surface area contributed by atoms with Crippen LogP contribution in [0.2, 0.25) is 0 Å². The minimum atomic E-state index is -0.493. The van der Waals surface area contributed by atoms with E-state index in [1.165, 1.54) is 23.8 Å². The quantitative estimate of drug-likeness (QED) is 0.841. The topological polar surface area (TPSA) is 53.9 Å². The second-order valence-electron chi connectivity index (χ2n) is 4.70. The van der Waals surface area contributed by atoms with Gasteiger partial charge in [-0.1, -0.05) is 18.2 Å². The Morgan fingerprint density at radius 3 is 2.89 bits per heavy atom. The largest absolute Gasteiger partial charge is 0.453 e. The van der Waals surface area contributed by atoms with Crippen molar-refractivity contribution in [1.82, 2.24) is 10.2 Å². The first kappa shape index (κ1) is 13.4. The van der Waals surface area contributed by atoms with Crippen molar-refractivity contribution in [1.29, 1.82) is 0 Å². The van der Waals surface area contributed by atoms with Crippen LogP contribution in [0, 0.1) is 13.8 Å². The van der Waals surface area contributed by atoms with E-state index in [-0.39, 0.29) is 6.04 Å². The maximum Gasteiger partial charge on any atom is 0.413 e. The van der Waals surface area contributed by atoms with E-state index in [1.54, 1.807) is 0 Å². The number of hydrogen-bond donors (Lipinski definition) is 1. The molecular formula is C14H19N3O2. The number of nitrogens with one attached hydrogen (secondary N) is 1. The molecule has 0 aliphatic carbocycles. The zero-order valence-electron chi connectivity index (χ0n) is 11.7. The van der Waals surface area contributed by atoms with Crippen molar-refractivity contribution in [3.05, 3.63) is 34.9 Å². The van der Waals surface area contributed by atoms with Crippen molar-refractivity contribution in [3.63, 3.8) is 0 Å². The van der Waals surface area contributed by atoms with Gasteiger partial charge in [-0.25, -0.2) is 4.79 Å². The van der Waals surface area contributed by atoms with Crippen LogP contribution in [0.15, 0.2) is 23.2 Å². The highest BCUT2D eigenvalue weighted by atomic mass is 16.5. The van der Waals surface area contributed by atoms with Gasteiger partial charge in [0.1, 0.15) is 0 Å². The third-order valence-electron chi connectivity index (χ3n) is 3.62. The molecule has 0 radical (unpaired) electrons. The van der Waals surface area contributed by atoms with Crippen molar-refractivity contribution in [2.45, 2.75) is 19.9 Å². The lowest BCUT2D eigenvalue weighted by Crippen LogP contribution is -2.40. The summed E-state index contributed by atoms with van der Waals surface area (Å²) in [6, 6.07) is 6.42. The van der Waals surface area contributed by atoms with Gasteiger partial charge in [0.25, 0.3) is 0 Å². The van der Waals surface area contributed by atoms with Crippen LogP contribution in [0.5, 0.6) is 0 Å². The van der Waals surface area contributed by atoms with Gasteiger partial charge in [0.15, 0.2) is 0 Å². The Labute approximate surface area is 113 Å². The molecule has 19 heavy (non-hydrogen) atoms. The number of likely N-dealkylation sites (N-methyl/N-ethyl adjacent to an activating group) is 1. The molecule has 0 aromatic heterocycles. The van der Waals surface area contributed by atoms with Crippen LogP contribution in [0.3, 0.4) is 0 Å². The lowest BCUT2D eigenvalue weighted by Gasteiger charge is -2.25. The molecule has 1 unspecified atom stereocenters. The number of benzene rings is 1. The average molecular weight is 261 g/mol. The minimum Gasteiger partial charge on any atom is -0.453 e. The molecule has 0 saturated heterocycles. The highest BCUT2D eigenvalue weighted by molar-refractivity contribution is 5.94. The fourth-order valence-electron chi connectivity index (χ4n) is 2.27. The van der Waals surface area contributed by atoms with Gasteiger partial charge < -0.3 is 9.64 Å². The first-order chi connectivity index (χ1) is 9.04. The molecule has 0 spiro atoms. The summed E-state index contributed by atoms with van der Waals surface area (Å²) in [4.78, 5) is 17.6. The highest BCUT2D eigenvalue weighted by Gasteiger charge is 2.28. The Kier molecular flexibility index (Phi) is 3.74. The molecule has 0 bridgehead atoms. The van der Waals surface area contributed by atoms with Crippen molar-refractivity contribution in [3.8, 4) is 0 Å². The van der Waals surface area contributed by atoms with Gasteiger partial charge in [0, 0.05) is 7.05 Å². The molecular weight excluding hydrogens is 242 g/mol. The average Bonchev–Trinajstić information content (AvgIpc) is 2.74. The smallest absolute Gasteiger partial charge is 0.413 e. The van der Waals surface area contributed by atoms with E-state index in [0.29, 0.717) is 12.5 Å². The number of aryl methyl sites for hydroxylation is 1. The summed E-state index contributed by atoms with van der Waals surface area (Å²) < 4.78 is 4.59. The number of carbonyl (C=O) groups excluding carboxylic acids is 1. The van der Waals surface area contributed by atoms with Crippen LogP contribution in [0.25, 0.3) is 0 Å². The first-order valence-corrected chi connectivity index (χ1v) is 6.23. The van der Waals surface area contributed by atoms with Crippen LogP contribution in [-0.2, 0) is 4.74 Å². The molecule has 0 saturated carbocycles. The predicted octanol–water partition coefficient (Wildman–Crippen LogP) is 2.00. The molecule has 1 amide bonds. The van der Waals surface area contributed by atoms with Crippen LogP contribution >= 0.6 is 0 Å². The number of nitrogens with zero attached hydrogens (tertiary/aromatic N) is 2. The van der Waals surface area contributed by atoms with Gasteiger partial charge in [-0.15, -0.1) is 0 Å². The Morgan fingerprint density at radius 1 is 1.47 bits per heavy atom. The fraction of sp³-hybridized carbons (Fsp3) is 0.429. The number of ether oxygens (including phenoxy) is 1. The third kappa shape index (κ3) is 2.54. The molecule has 2 rings (SSSR count). The monoisotopic (exact) mass is 261 g/mol. The summed E-state index contributed by atoms with van der Waals surface area (Å²) in [6.07, 6.45) is -0.493. The van der Waals surface area contributed by atoms with E-state index in [4.69, 9.17) is 0 Å². The van der Waals surface area contributed by atoms with Gasteiger partial charge >= 0.3 is 6.09 Å². The molecule has 1 aliphatic heterocycles. The fourth-order valence-corrected chi connectivity index (χ4v) is 2.27. The highest BCUT2D eigenvalue weighted by Crippen LogP contribution is 2.28. The van der Waals surface area contributed by atoms with Crippen molar-refractivity contribution >= 4 is 12.1 Å². The lowest BCUT2D eigenvalue weighted by molar-refractivity contribution is 0.175. The number of guanidine groups is 1. The molecule has 5 heteroatoms. The Bertz CT molecular complexity index is 525. The standard InChI is InChI=1S/C14H19N3O2/c1-9-6-5-7-11(10(9)2)12-8-15-13(17(12)3)16-14(18)19-4/h5-7,12H,8H2,1-4H3,(H,15,16,18). The van der Waals surface area contributed by atoms with Crippen LogP contribution in [-0.4, -0.2) is 37.7 Å². The van der Waals surface area contributed by atoms with E-state index < -0.39 is 6.09 Å². The number of amides is 1. The summed E-state index contributed by atoms with van der Waals surface area (Å²) in [7, 11) is 3.27. The van der Waals surface area contributed by atoms with E-state index in [9.17, 15) is 4.79 Å². The summed E-state index contributed by atoms with van der Waals surface area (Å²) >= 11 is 0. The van der Waals surface area contributed by atoms with Crippen molar-refractivity contribution in [2.24, 2.45) is 4.99 Å². The van der Waals surface area contributed by atoms with E-state index in [0.717, 1.165) is 0 Å². The first-order valence-electron chi connectivity index (χ1n) is 6.23. The van der Waals surface area contributed by atoms with Crippen LogP contribution < -0.4 is 5.32 Å². The van der Waals surface area contributed by atoms with Gasteiger partial charge in [-0.2, -0.15) is 0 Å². The van der Waals surface area contributed by atoms with Gasteiger partial charge in [-0.3, -0.25) is 10.3 Å². The zero-order chi connectivity index (χ0) is 14.0. The number of carbonyl (C=O) groups is 1.